The molecule has 2 aromatic carbocycles. The lowest BCUT2D eigenvalue weighted by atomic mass is 9.96. The number of halogens is 3. The summed E-state index contributed by atoms with van der Waals surface area (Å²) >= 11 is 0. The number of amides is 2. The van der Waals surface area contributed by atoms with Gasteiger partial charge in [0.05, 0.1) is 11.8 Å². The van der Waals surface area contributed by atoms with Crippen LogP contribution >= 0.6 is 0 Å². The largest absolute Gasteiger partial charge is 0.391 e. The highest BCUT2D eigenvalue weighted by atomic mass is 19.4. The first-order valence-electron chi connectivity index (χ1n) is 13.1. The summed E-state index contributed by atoms with van der Waals surface area (Å²) in [7, 11) is 0. The van der Waals surface area contributed by atoms with Crippen molar-refractivity contribution in [3.8, 4) is 0 Å². The number of anilines is 3. The SMILES string of the molecule is O=C(NCc1ccc(Nc2ccc(N3CCC(C(F)(F)F)CC3)cc2)cc1)C1CCN(C(=O)C2CC2)C1. The monoisotopic (exact) mass is 514 g/mol. The van der Waals surface area contributed by atoms with Crippen molar-refractivity contribution in [2.24, 2.45) is 17.8 Å². The van der Waals surface area contributed by atoms with E-state index in [1.807, 2.05) is 58.3 Å². The molecular formula is C28H33F3N4O2. The topological polar surface area (TPSA) is 64.7 Å². The number of hydrogen-bond acceptors (Lipinski definition) is 4. The van der Waals surface area contributed by atoms with Gasteiger partial charge in [-0.25, -0.2) is 0 Å². The zero-order valence-electron chi connectivity index (χ0n) is 20.8. The highest BCUT2D eigenvalue weighted by molar-refractivity contribution is 5.84. The van der Waals surface area contributed by atoms with Gasteiger partial charge in [-0.3, -0.25) is 9.59 Å². The molecule has 2 aliphatic heterocycles. The van der Waals surface area contributed by atoms with Gasteiger partial charge in [0, 0.05) is 55.7 Å². The minimum absolute atomic E-state index is 0.00368. The summed E-state index contributed by atoms with van der Waals surface area (Å²) in [5.41, 5.74) is 3.71. The van der Waals surface area contributed by atoms with Crippen molar-refractivity contribution in [1.82, 2.24) is 10.2 Å². The molecule has 9 heteroatoms. The average molecular weight is 515 g/mol. The molecule has 1 aliphatic carbocycles. The fraction of sp³-hybridized carbons (Fsp3) is 0.500. The second kappa shape index (κ2) is 10.6. The van der Waals surface area contributed by atoms with Gasteiger partial charge in [-0.05, 0) is 74.1 Å². The van der Waals surface area contributed by atoms with Gasteiger partial charge in [0.1, 0.15) is 0 Å². The molecule has 2 saturated heterocycles. The lowest BCUT2D eigenvalue weighted by Gasteiger charge is -2.34. The number of nitrogens with one attached hydrogen (secondary N) is 2. The average Bonchev–Trinajstić information content (AvgIpc) is 3.63. The van der Waals surface area contributed by atoms with Crippen LogP contribution in [0.5, 0.6) is 0 Å². The zero-order chi connectivity index (χ0) is 26.0. The van der Waals surface area contributed by atoms with Gasteiger partial charge in [0.15, 0.2) is 0 Å². The van der Waals surface area contributed by atoms with E-state index in [1.54, 1.807) is 0 Å². The summed E-state index contributed by atoms with van der Waals surface area (Å²) in [5, 5.41) is 6.33. The van der Waals surface area contributed by atoms with Gasteiger partial charge in [-0.2, -0.15) is 13.2 Å². The number of nitrogens with zero attached hydrogens (tertiary/aromatic N) is 2. The van der Waals surface area contributed by atoms with Crippen LogP contribution in [0, 0.1) is 17.8 Å². The molecule has 5 rings (SSSR count). The molecule has 0 bridgehead atoms. The third-order valence-corrected chi connectivity index (χ3v) is 7.70. The Kier molecular flexibility index (Phi) is 7.31. The van der Waals surface area contributed by atoms with Crippen LogP contribution in [-0.2, 0) is 16.1 Å². The van der Waals surface area contributed by atoms with E-state index in [2.05, 4.69) is 10.6 Å². The quantitative estimate of drug-likeness (QED) is 0.541. The van der Waals surface area contributed by atoms with Crippen LogP contribution in [0.4, 0.5) is 30.2 Å². The highest BCUT2D eigenvalue weighted by Gasteiger charge is 2.41. The minimum atomic E-state index is -4.10. The van der Waals surface area contributed by atoms with E-state index in [1.165, 1.54) is 0 Å². The van der Waals surface area contributed by atoms with Crippen LogP contribution in [0.2, 0.25) is 0 Å². The molecule has 2 heterocycles. The van der Waals surface area contributed by atoms with Crippen molar-refractivity contribution in [2.75, 3.05) is 36.4 Å². The van der Waals surface area contributed by atoms with E-state index in [-0.39, 0.29) is 36.5 Å². The van der Waals surface area contributed by atoms with E-state index in [9.17, 15) is 22.8 Å². The van der Waals surface area contributed by atoms with Crippen LogP contribution in [0.1, 0.15) is 37.7 Å². The van der Waals surface area contributed by atoms with Crippen LogP contribution in [-0.4, -0.2) is 49.1 Å². The Morgan fingerprint density at radius 2 is 1.43 bits per heavy atom. The van der Waals surface area contributed by atoms with E-state index in [0.29, 0.717) is 32.7 Å². The first-order chi connectivity index (χ1) is 17.8. The molecule has 3 aliphatic rings. The predicted molar refractivity (Wildman–Crippen MR) is 136 cm³/mol. The van der Waals surface area contributed by atoms with Gasteiger partial charge in [-0.1, -0.05) is 12.1 Å². The molecule has 2 amide bonds. The number of piperidine rings is 1. The number of rotatable bonds is 7. The van der Waals surface area contributed by atoms with Crippen molar-refractivity contribution in [3.05, 3.63) is 54.1 Å². The van der Waals surface area contributed by atoms with Gasteiger partial charge in [0.25, 0.3) is 0 Å². The number of likely N-dealkylation sites (tertiary alicyclic amines) is 1. The van der Waals surface area contributed by atoms with Crippen molar-refractivity contribution >= 4 is 28.9 Å². The second-order valence-corrected chi connectivity index (χ2v) is 10.4. The standard InChI is InChI=1S/C28H33F3N4O2/c29-28(30,31)22-12-15-34(16-13-22)25-9-7-24(8-10-25)33-23-5-1-19(2-6-23)17-32-26(36)21-11-14-35(18-21)27(37)20-3-4-20/h1-2,5-10,20-22,33H,3-4,11-18H2,(H,32,36). The van der Waals surface area contributed by atoms with Gasteiger partial charge in [0.2, 0.25) is 11.8 Å². The number of carbonyl (C=O) groups excluding carboxylic acids is 2. The summed E-state index contributed by atoms with van der Waals surface area (Å²) in [6.07, 6.45) is -1.15. The minimum Gasteiger partial charge on any atom is -0.372 e. The number of benzene rings is 2. The Morgan fingerprint density at radius 1 is 0.811 bits per heavy atom. The smallest absolute Gasteiger partial charge is 0.372 e. The van der Waals surface area contributed by atoms with Gasteiger partial charge in [-0.15, -0.1) is 0 Å². The van der Waals surface area contributed by atoms with E-state index < -0.39 is 12.1 Å². The molecular weight excluding hydrogens is 481 g/mol. The Labute approximate surface area is 215 Å². The van der Waals surface area contributed by atoms with Crippen molar-refractivity contribution in [3.63, 3.8) is 0 Å². The predicted octanol–water partition coefficient (Wildman–Crippen LogP) is 5.08. The van der Waals surface area contributed by atoms with Crippen molar-refractivity contribution < 1.29 is 22.8 Å². The third kappa shape index (κ3) is 6.37. The Bertz CT molecular complexity index is 1090. The van der Waals surface area contributed by atoms with Crippen LogP contribution in [0.3, 0.4) is 0 Å². The molecule has 0 aromatic heterocycles. The Hall–Kier alpha value is -3.23. The van der Waals surface area contributed by atoms with Crippen LogP contribution in [0.15, 0.2) is 48.5 Å². The molecule has 1 unspecified atom stereocenters. The molecule has 1 saturated carbocycles. The van der Waals surface area contributed by atoms with Gasteiger partial charge < -0.3 is 20.4 Å². The number of alkyl halides is 3. The molecule has 37 heavy (non-hydrogen) atoms. The molecule has 3 fully saturated rings. The fourth-order valence-corrected chi connectivity index (χ4v) is 5.19. The number of hydrogen-bond donors (Lipinski definition) is 2. The summed E-state index contributed by atoms with van der Waals surface area (Å²) in [6, 6.07) is 15.5. The van der Waals surface area contributed by atoms with Crippen molar-refractivity contribution in [2.45, 2.75) is 44.8 Å². The first-order valence-corrected chi connectivity index (χ1v) is 13.1. The lowest BCUT2D eigenvalue weighted by Crippen LogP contribution is -2.38. The molecule has 0 spiro atoms. The fourth-order valence-electron chi connectivity index (χ4n) is 5.19. The van der Waals surface area contributed by atoms with E-state index in [0.717, 1.165) is 41.9 Å². The van der Waals surface area contributed by atoms with Gasteiger partial charge >= 0.3 is 6.18 Å². The normalized spacial score (nSPS) is 20.7. The first kappa shape index (κ1) is 25.4. The van der Waals surface area contributed by atoms with Crippen molar-refractivity contribution in [1.29, 1.82) is 0 Å². The summed E-state index contributed by atoms with van der Waals surface area (Å²) in [4.78, 5) is 28.6. The van der Waals surface area contributed by atoms with E-state index >= 15 is 0 Å². The Morgan fingerprint density at radius 3 is 2.03 bits per heavy atom. The molecule has 2 aromatic rings. The van der Waals surface area contributed by atoms with Crippen LogP contribution in [0.25, 0.3) is 0 Å². The Balaban J connectivity index is 1.06. The summed E-state index contributed by atoms with van der Waals surface area (Å²) in [6.45, 7) is 2.45. The number of carbonyl (C=O) groups is 2. The molecule has 6 nitrogen and oxygen atoms in total. The maximum absolute atomic E-state index is 12.9. The maximum atomic E-state index is 12.9. The summed E-state index contributed by atoms with van der Waals surface area (Å²) < 4.78 is 38.7. The molecule has 2 N–H and O–H groups in total. The summed E-state index contributed by atoms with van der Waals surface area (Å²) in [5.74, 6) is -0.940. The van der Waals surface area contributed by atoms with E-state index in [4.69, 9.17) is 0 Å². The third-order valence-electron chi connectivity index (χ3n) is 7.70. The highest BCUT2D eigenvalue weighted by Crippen LogP contribution is 2.36. The second-order valence-electron chi connectivity index (χ2n) is 10.4. The molecule has 0 radical (unpaired) electrons. The lowest BCUT2D eigenvalue weighted by molar-refractivity contribution is -0.179. The maximum Gasteiger partial charge on any atom is 0.391 e. The van der Waals surface area contributed by atoms with Crippen LogP contribution < -0.4 is 15.5 Å². The zero-order valence-corrected chi connectivity index (χ0v) is 20.8. The molecule has 198 valence electrons. The molecule has 1 atom stereocenters.